The number of hydrogen-bond acceptors (Lipinski definition) is 4. The zero-order valence-corrected chi connectivity index (χ0v) is 12.1. The van der Waals surface area contributed by atoms with Gasteiger partial charge in [-0.2, -0.15) is 0 Å². The largest absolute Gasteiger partial charge is 0.444 e. The van der Waals surface area contributed by atoms with Crippen LogP contribution in [0.5, 0.6) is 0 Å². The van der Waals surface area contributed by atoms with Crippen molar-refractivity contribution in [1.82, 2.24) is 0 Å². The molecule has 1 aromatic carbocycles. The van der Waals surface area contributed by atoms with Crippen LogP contribution in [0.2, 0.25) is 0 Å². The number of ketones is 2. The topological polar surface area (TPSA) is 72.5 Å². The van der Waals surface area contributed by atoms with Crippen LogP contribution in [0.1, 0.15) is 44.5 Å². The molecule has 0 unspecified atom stereocenters. The molecule has 0 aromatic heterocycles. The minimum absolute atomic E-state index is 0.112. The molecule has 5 heteroatoms. The maximum atomic E-state index is 11.6. The summed E-state index contributed by atoms with van der Waals surface area (Å²) in [6.07, 6.45) is -0.668. The van der Waals surface area contributed by atoms with E-state index in [1.54, 1.807) is 45.0 Å². The van der Waals surface area contributed by atoms with Crippen LogP contribution >= 0.6 is 0 Å². The molecule has 0 spiro atoms. The Kier molecular flexibility index (Phi) is 5.02. The van der Waals surface area contributed by atoms with Crippen molar-refractivity contribution in [3.63, 3.8) is 0 Å². The van der Waals surface area contributed by atoms with Crippen LogP contribution in [0.3, 0.4) is 0 Å². The van der Waals surface area contributed by atoms with E-state index in [4.69, 9.17) is 4.74 Å². The number of benzene rings is 1. The fourth-order valence-electron chi connectivity index (χ4n) is 1.49. The van der Waals surface area contributed by atoms with Crippen LogP contribution in [-0.4, -0.2) is 23.3 Å². The van der Waals surface area contributed by atoms with Gasteiger partial charge in [-0.05, 0) is 52.0 Å². The van der Waals surface area contributed by atoms with Gasteiger partial charge in [0.2, 0.25) is 0 Å². The summed E-state index contributed by atoms with van der Waals surface area (Å²) in [5.74, 6) is -0.410. The number of hydrogen-bond donors (Lipinski definition) is 1. The molecular weight excluding hydrogens is 258 g/mol. The predicted octanol–water partition coefficient (Wildman–Crippen LogP) is 3.20. The third kappa shape index (κ3) is 5.65. The number of ether oxygens (including phenoxy) is 1. The standard InChI is InChI=1S/C15H19NO4/c1-10(17)9-13(18)11-5-7-12(8-6-11)16-14(19)20-15(2,3)4/h5-8H,9H2,1-4H3,(H,16,19). The summed E-state index contributed by atoms with van der Waals surface area (Å²) in [5.41, 5.74) is 0.398. The van der Waals surface area contributed by atoms with Gasteiger partial charge >= 0.3 is 6.09 Å². The lowest BCUT2D eigenvalue weighted by Crippen LogP contribution is -2.27. The maximum absolute atomic E-state index is 11.6. The molecule has 0 aliphatic rings. The number of carbonyl (C=O) groups excluding carboxylic acids is 3. The van der Waals surface area contributed by atoms with E-state index in [1.807, 2.05) is 0 Å². The van der Waals surface area contributed by atoms with Crippen LogP contribution in [-0.2, 0) is 9.53 Å². The Morgan fingerprint density at radius 2 is 1.65 bits per heavy atom. The number of rotatable bonds is 4. The summed E-state index contributed by atoms with van der Waals surface area (Å²) in [7, 11) is 0. The molecule has 1 amide bonds. The van der Waals surface area contributed by atoms with Gasteiger partial charge in [-0.3, -0.25) is 14.9 Å². The Labute approximate surface area is 118 Å². The van der Waals surface area contributed by atoms with Gasteiger partial charge in [0.15, 0.2) is 5.78 Å². The van der Waals surface area contributed by atoms with E-state index >= 15 is 0 Å². The van der Waals surface area contributed by atoms with Crippen LogP contribution in [0.15, 0.2) is 24.3 Å². The van der Waals surface area contributed by atoms with Crippen molar-refractivity contribution in [1.29, 1.82) is 0 Å². The number of nitrogens with one attached hydrogen (secondary N) is 1. The first-order valence-electron chi connectivity index (χ1n) is 6.30. The first kappa shape index (κ1) is 15.9. The predicted molar refractivity (Wildman–Crippen MR) is 75.9 cm³/mol. The van der Waals surface area contributed by atoms with E-state index in [9.17, 15) is 14.4 Å². The number of carbonyl (C=O) groups is 3. The average molecular weight is 277 g/mol. The van der Waals surface area contributed by atoms with Crippen molar-refractivity contribution in [2.75, 3.05) is 5.32 Å². The molecule has 0 atom stereocenters. The SMILES string of the molecule is CC(=O)CC(=O)c1ccc(NC(=O)OC(C)(C)C)cc1. The molecule has 0 aliphatic carbocycles. The van der Waals surface area contributed by atoms with Gasteiger partial charge in [0.1, 0.15) is 11.4 Å². The molecule has 1 rings (SSSR count). The highest BCUT2D eigenvalue weighted by atomic mass is 16.6. The quantitative estimate of drug-likeness (QED) is 0.677. The van der Waals surface area contributed by atoms with Crippen molar-refractivity contribution in [3.05, 3.63) is 29.8 Å². The fraction of sp³-hybridized carbons (Fsp3) is 0.400. The number of amides is 1. The molecular formula is C15H19NO4. The lowest BCUT2D eigenvalue weighted by Gasteiger charge is -2.19. The molecule has 1 aromatic rings. The second-order valence-corrected chi connectivity index (χ2v) is 5.51. The molecule has 108 valence electrons. The summed E-state index contributed by atoms with van der Waals surface area (Å²) >= 11 is 0. The van der Waals surface area contributed by atoms with Crippen molar-refractivity contribution in [2.24, 2.45) is 0 Å². The monoisotopic (exact) mass is 277 g/mol. The third-order valence-electron chi connectivity index (χ3n) is 2.26. The van der Waals surface area contributed by atoms with Crippen LogP contribution in [0, 0.1) is 0 Å². The molecule has 0 fully saturated rings. The second kappa shape index (κ2) is 6.32. The normalized spacial score (nSPS) is 10.8. The summed E-state index contributed by atoms with van der Waals surface area (Å²) in [6, 6.07) is 6.32. The van der Waals surface area contributed by atoms with E-state index in [1.165, 1.54) is 6.92 Å². The van der Waals surface area contributed by atoms with Gasteiger partial charge in [0.05, 0.1) is 6.42 Å². The average Bonchev–Trinajstić information content (AvgIpc) is 2.26. The number of anilines is 1. The summed E-state index contributed by atoms with van der Waals surface area (Å²) in [5, 5.41) is 2.57. The van der Waals surface area contributed by atoms with Crippen molar-refractivity contribution in [3.8, 4) is 0 Å². The van der Waals surface area contributed by atoms with Crippen molar-refractivity contribution >= 4 is 23.3 Å². The van der Waals surface area contributed by atoms with Crippen molar-refractivity contribution in [2.45, 2.75) is 39.7 Å². The van der Waals surface area contributed by atoms with Crippen LogP contribution in [0.4, 0.5) is 10.5 Å². The van der Waals surface area contributed by atoms with Gasteiger partial charge in [0, 0.05) is 11.3 Å². The van der Waals surface area contributed by atoms with Gasteiger partial charge in [-0.25, -0.2) is 4.79 Å². The number of Topliss-reactive ketones (excluding diaryl/α,β-unsaturated/α-hetero) is 2. The van der Waals surface area contributed by atoms with E-state index in [0.717, 1.165) is 0 Å². The Hall–Kier alpha value is -2.17. The van der Waals surface area contributed by atoms with Gasteiger partial charge in [-0.1, -0.05) is 0 Å². The molecule has 0 radical (unpaired) electrons. The highest BCUT2D eigenvalue weighted by molar-refractivity contribution is 6.07. The minimum Gasteiger partial charge on any atom is -0.444 e. The van der Waals surface area contributed by atoms with Crippen LogP contribution in [0.25, 0.3) is 0 Å². The van der Waals surface area contributed by atoms with E-state index in [2.05, 4.69) is 5.32 Å². The zero-order valence-electron chi connectivity index (χ0n) is 12.1. The van der Waals surface area contributed by atoms with Crippen LogP contribution < -0.4 is 5.32 Å². The smallest absolute Gasteiger partial charge is 0.412 e. The van der Waals surface area contributed by atoms with E-state index < -0.39 is 11.7 Å². The Balaban J connectivity index is 2.65. The molecule has 0 heterocycles. The van der Waals surface area contributed by atoms with E-state index in [0.29, 0.717) is 11.3 Å². The van der Waals surface area contributed by atoms with Gasteiger partial charge < -0.3 is 4.74 Å². The molecule has 0 bridgehead atoms. The fourth-order valence-corrected chi connectivity index (χ4v) is 1.49. The lowest BCUT2D eigenvalue weighted by molar-refractivity contribution is -0.116. The summed E-state index contributed by atoms with van der Waals surface area (Å²) in [4.78, 5) is 34.1. The van der Waals surface area contributed by atoms with Crippen molar-refractivity contribution < 1.29 is 19.1 Å². The highest BCUT2D eigenvalue weighted by Crippen LogP contribution is 2.14. The molecule has 0 aliphatic heterocycles. The zero-order chi connectivity index (χ0) is 15.3. The van der Waals surface area contributed by atoms with E-state index in [-0.39, 0.29) is 18.0 Å². The summed E-state index contributed by atoms with van der Waals surface area (Å²) < 4.78 is 5.11. The molecule has 0 saturated heterocycles. The third-order valence-corrected chi connectivity index (χ3v) is 2.26. The highest BCUT2D eigenvalue weighted by Gasteiger charge is 2.16. The molecule has 1 N–H and O–H groups in total. The second-order valence-electron chi connectivity index (χ2n) is 5.51. The molecule has 20 heavy (non-hydrogen) atoms. The Morgan fingerprint density at radius 3 is 2.10 bits per heavy atom. The van der Waals surface area contributed by atoms with Gasteiger partial charge in [-0.15, -0.1) is 0 Å². The minimum atomic E-state index is -0.568. The Bertz CT molecular complexity index is 512. The Morgan fingerprint density at radius 1 is 1.10 bits per heavy atom. The first-order valence-corrected chi connectivity index (χ1v) is 6.30. The lowest BCUT2D eigenvalue weighted by atomic mass is 10.1. The molecule has 5 nitrogen and oxygen atoms in total. The first-order chi connectivity index (χ1) is 9.17. The molecule has 0 saturated carbocycles. The van der Waals surface area contributed by atoms with Gasteiger partial charge in [0.25, 0.3) is 0 Å². The maximum Gasteiger partial charge on any atom is 0.412 e. The summed E-state index contributed by atoms with van der Waals surface area (Å²) in [6.45, 7) is 6.69.